The molecule has 0 bridgehead atoms. The first-order chi connectivity index (χ1) is 9.75. The van der Waals surface area contributed by atoms with Crippen LogP contribution in [0.5, 0.6) is 0 Å². The third-order valence-corrected chi connectivity index (χ3v) is 4.86. The van der Waals surface area contributed by atoms with Gasteiger partial charge in [0.25, 0.3) is 0 Å². The molecule has 1 N–H and O–H groups in total. The van der Waals surface area contributed by atoms with Crippen molar-refractivity contribution in [2.24, 2.45) is 5.92 Å². The van der Waals surface area contributed by atoms with Gasteiger partial charge in [-0.2, -0.15) is 0 Å². The Morgan fingerprint density at radius 1 is 1.10 bits per heavy atom. The topological polar surface area (TPSA) is 58.6 Å². The highest BCUT2D eigenvalue weighted by atomic mass is 16.5. The number of amides is 2. The Morgan fingerprint density at radius 2 is 1.90 bits per heavy atom. The molecular weight excluding hydrogens is 256 g/mol. The molecule has 1 saturated carbocycles. The van der Waals surface area contributed by atoms with Gasteiger partial charge < -0.3 is 15.0 Å². The minimum absolute atomic E-state index is 0.0366. The Morgan fingerprint density at radius 3 is 2.60 bits per heavy atom. The second-order valence-corrected chi connectivity index (χ2v) is 6.24. The van der Waals surface area contributed by atoms with Crippen molar-refractivity contribution in [3.05, 3.63) is 0 Å². The molecule has 112 valence electrons. The van der Waals surface area contributed by atoms with Gasteiger partial charge in [0.15, 0.2) is 0 Å². The van der Waals surface area contributed by atoms with Crippen molar-refractivity contribution in [1.82, 2.24) is 10.2 Å². The summed E-state index contributed by atoms with van der Waals surface area (Å²) >= 11 is 0. The van der Waals surface area contributed by atoms with E-state index in [0.717, 1.165) is 32.3 Å². The predicted molar refractivity (Wildman–Crippen MR) is 74.1 cm³/mol. The minimum atomic E-state index is -0.263. The third kappa shape index (κ3) is 2.82. The number of rotatable bonds is 3. The van der Waals surface area contributed by atoms with Gasteiger partial charge in [-0.1, -0.05) is 19.3 Å². The maximum atomic E-state index is 12.3. The normalized spacial score (nSPS) is 32.5. The van der Waals surface area contributed by atoms with Crippen LogP contribution >= 0.6 is 0 Å². The van der Waals surface area contributed by atoms with E-state index in [1.165, 1.54) is 19.3 Å². The zero-order valence-electron chi connectivity index (χ0n) is 12.0. The van der Waals surface area contributed by atoms with Gasteiger partial charge in [0.1, 0.15) is 6.04 Å². The van der Waals surface area contributed by atoms with E-state index in [0.29, 0.717) is 12.5 Å². The molecule has 5 nitrogen and oxygen atoms in total. The average molecular weight is 280 g/mol. The van der Waals surface area contributed by atoms with E-state index < -0.39 is 0 Å². The molecule has 0 aromatic carbocycles. The summed E-state index contributed by atoms with van der Waals surface area (Å²) in [4.78, 5) is 26.3. The molecule has 2 amide bonds. The van der Waals surface area contributed by atoms with Crippen molar-refractivity contribution < 1.29 is 14.3 Å². The fourth-order valence-corrected chi connectivity index (χ4v) is 3.81. The molecule has 0 aromatic rings. The summed E-state index contributed by atoms with van der Waals surface area (Å²) in [5.41, 5.74) is 0. The van der Waals surface area contributed by atoms with Gasteiger partial charge in [0.2, 0.25) is 11.8 Å². The number of ether oxygens (including phenoxy) is 1. The minimum Gasteiger partial charge on any atom is -0.376 e. The van der Waals surface area contributed by atoms with Crippen molar-refractivity contribution in [3.8, 4) is 0 Å². The fourth-order valence-electron chi connectivity index (χ4n) is 3.81. The molecule has 1 aliphatic carbocycles. The van der Waals surface area contributed by atoms with Crippen LogP contribution in [0.4, 0.5) is 0 Å². The van der Waals surface area contributed by atoms with Gasteiger partial charge in [-0.05, 0) is 31.6 Å². The molecule has 3 aliphatic rings. The first kappa shape index (κ1) is 13.9. The number of nitrogens with one attached hydrogen (secondary N) is 1. The van der Waals surface area contributed by atoms with E-state index >= 15 is 0 Å². The van der Waals surface area contributed by atoms with E-state index in [9.17, 15) is 9.59 Å². The quantitative estimate of drug-likeness (QED) is 0.841. The van der Waals surface area contributed by atoms with Crippen LogP contribution in [-0.4, -0.2) is 48.6 Å². The van der Waals surface area contributed by atoms with Crippen LogP contribution in [0.25, 0.3) is 0 Å². The number of nitrogens with zero attached hydrogens (tertiary/aromatic N) is 1. The number of hydrogen-bond acceptors (Lipinski definition) is 3. The molecule has 2 unspecified atom stereocenters. The standard InChI is InChI=1S/C15H24N2O3/c18-13-9-16-15(19)14(11-5-2-1-3-6-11)17(13)10-12-7-4-8-20-12/h11-12,14H,1-10H2,(H,16,19). The predicted octanol–water partition coefficient (Wildman–Crippen LogP) is 1.07. The maximum absolute atomic E-state index is 12.3. The van der Waals surface area contributed by atoms with E-state index in [4.69, 9.17) is 4.74 Å². The second kappa shape index (κ2) is 6.12. The van der Waals surface area contributed by atoms with Crippen molar-refractivity contribution in [1.29, 1.82) is 0 Å². The molecule has 2 aliphatic heterocycles. The highest BCUT2D eigenvalue weighted by molar-refractivity contribution is 5.95. The number of carbonyl (C=O) groups excluding carboxylic acids is 2. The monoisotopic (exact) mass is 280 g/mol. The summed E-state index contributed by atoms with van der Waals surface area (Å²) < 4.78 is 5.65. The molecule has 20 heavy (non-hydrogen) atoms. The lowest BCUT2D eigenvalue weighted by Gasteiger charge is -2.41. The Balaban J connectivity index is 1.73. The van der Waals surface area contributed by atoms with Crippen LogP contribution in [0.2, 0.25) is 0 Å². The maximum Gasteiger partial charge on any atom is 0.243 e. The Bertz CT molecular complexity index is 373. The van der Waals surface area contributed by atoms with Crippen molar-refractivity contribution in [2.45, 2.75) is 57.1 Å². The summed E-state index contributed by atoms with van der Waals surface area (Å²) in [7, 11) is 0. The van der Waals surface area contributed by atoms with E-state index in [2.05, 4.69) is 5.32 Å². The van der Waals surface area contributed by atoms with Gasteiger partial charge in [-0.15, -0.1) is 0 Å². The molecule has 0 spiro atoms. The van der Waals surface area contributed by atoms with Gasteiger partial charge in [0.05, 0.1) is 12.6 Å². The van der Waals surface area contributed by atoms with E-state index in [-0.39, 0.29) is 30.5 Å². The molecular formula is C15H24N2O3. The zero-order valence-corrected chi connectivity index (χ0v) is 12.0. The Hall–Kier alpha value is -1.10. The fraction of sp³-hybridized carbons (Fsp3) is 0.867. The molecule has 2 saturated heterocycles. The summed E-state index contributed by atoms with van der Waals surface area (Å²) in [5, 5.41) is 2.76. The average Bonchev–Trinajstić information content (AvgIpc) is 2.97. The Kier molecular flexibility index (Phi) is 4.24. The molecule has 2 heterocycles. The summed E-state index contributed by atoms with van der Waals surface area (Å²) in [6, 6.07) is -0.263. The van der Waals surface area contributed by atoms with Crippen LogP contribution in [0.1, 0.15) is 44.9 Å². The molecule has 0 radical (unpaired) electrons. The van der Waals surface area contributed by atoms with Crippen molar-refractivity contribution >= 4 is 11.8 Å². The number of hydrogen-bond donors (Lipinski definition) is 1. The summed E-state index contributed by atoms with van der Waals surface area (Å²) in [6.07, 6.45) is 7.92. The lowest BCUT2D eigenvalue weighted by Crippen LogP contribution is -2.62. The van der Waals surface area contributed by atoms with Gasteiger partial charge in [-0.25, -0.2) is 0 Å². The molecule has 3 rings (SSSR count). The smallest absolute Gasteiger partial charge is 0.243 e. The number of carbonyl (C=O) groups is 2. The Labute approximate surface area is 120 Å². The van der Waals surface area contributed by atoms with E-state index in [1.54, 1.807) is 0 Å². The third-order valence-electron chi connectivity index (χ3n) is 4.86. The molecule has 5 heteroatoms. The van der Waals surface area contributed by atoms with Crippen molar-refractivity contribution in [3.63, 3.8) is 0 Å². The molecule has 0 aromatic heterocycles. The summed E-state index contributed by atoms with van der Waals surface area (Å²) in [6.45, 7) is 1.52. The zero-order chi connectivity index (χ0) is 13.9. The largest absolute Gasteiger partial charge is 0.376 e. The first-order valence-electron chi connectivity index (χ1n) is 7.94. The number of piperazine rings is 1. The van der Waals surface area contributed by atoms with Crippen LogP contribution in [0.3, 0.4) is 0 Å². The van der Waals surface area contributed by atoms with Crippen molar-refractivity contribution in [2.75, 3.05) is 19.7 Å². The highest BCUT2D eigenvalue weighted by Gasteiger charge is 2.41. The van der Waals surface area contributed by atoms with Crippen LogP contribution < -0.4 is 5.32 Å². The summed E-state index contributed by atoms with van der Waals surface area (Å²) in [5.74, 6) is 0.416. The first-order valence-corrected chi connectivity index (χ1v) is 7.94. The lowest BCUT2D eigenvalue weighted by molar-refractivity contribution is -0.150. The van der Waals surface area contributed by atoms with Crippen LogP contribution in [0.15, 0.2) is 0 Å². The van der Waals surface area contributed by atoms with Gasteiger partial charge in [-0.3, -0.25) is 9.59 Å². The lowest BCUT2D eigenvalue weighted by atomic mass is 9.82. The van der Waals surface area contributed by atoms with Gasteiger partial charge >= 0.3 is 0 Å². The van der Waals surface area contributed by atoms with Crippen LogP contribution in [0, 0.1) is 5.92 Å². The van der Waals surface area contributed by atoms with Crippen LogP contribution in [-0.2, 0) is 14.3 Å². The molecule has 2 atom stereocenters. The van der Waals surface area contributed by atoms with E-state index in [1.807, 2.05) is 4.90 Å². The molecule has 3 fully saturated rings. The van der Waals surface area contributed by atoms with Gasteiger partial charge in [0, 0.05) is 13.2 Å². The second-order valence-electron chi connectivity index (χ2n) is 6.24. The highest BCUT2D eigenvalue weighted by Crippen LogP contribution is 2.31. The SMILES string of the molecule is O=C1NCC(=O)N(CC2CCCO2)C1C1CCCCC1.